The van der Waals surface area contributed by atoms with Gasteiger partial charge in [0.15, 0.2) is 5.79 Å². The summed E-state index contributed by atoms with van der Waals surface area (Å²) in [4.78, 5) is 0. The van der Waals surface area contributed by atoms with Gasteiger partial charge in [-0.05, 0) is 0 Å². The first-order valence-corrected chi connectivity index (χ1v) is 3.88. The van der Waals surface area contributed by atoms with E-state index in [0.717, 1.165) is 0 Å². The Morgan fingerprint density at radius 3 is 1.82 bits per heavy atom. The smallest absolute Gasteiger partial charge is 0.199 e. The highest BCUT2D eigenvalue weighted by molar-refractivity contribution is 4.84. The molecule has 1 heterocycles. The minimum atomic E-state index is -0.750. The lowest BCUT2D eigenvalue weighted by atomic mass is 10.0. The zero-order valence-electron chi connectivity index (χ0n) is 7.04. The van der Waals surface area contributed by atoms with Crippen LogP contribution in [0.1, 0.15) is 13.8 Å². The largest absolute Gasteiger partial charge is 0.345 e. The van der Waals surface area contributed by atoms with Crippen LogP contribution in [0.25, 0.3) is 0 Å². The maximum Gasteiger partial charge on any atom is 0.199 e. The molecule has 1 saturated heterocycles. The van der Waals surface area contributed by atoms with Crippen molar-refractivity contribution in [2.45, 2.75) is 25.8 Å². The van der Waals surface area contributed by atoms with Crippen LogP contribution in [-0.4, -0.2) is 25.2 Å². The fourth-order valence-electron chi connectivity index (χ4n) is 1.35. The van der Waals surface area contributed by atoms with E-state index in [1.165, 1.54) is 0 Å². The highest BCUT2D eigenvalue weighted by Crippen LogP contribution is 2.28. The van der Waals surface area contributed by atoms with Crippen molar-refractivity contribution in [3.63, 3.8) is 0 Å². The Morgan fingerprint density at radius 1 is 1.18 bits per heavy atom. The Labute approximate surface area is 66.8 Å². The molecule has 4 N–H and O–H groups in total. The molecular formula is C7H16N2O2. The molecule has 0 atom stereocenters. The average Bonchev–Trinajstić information content (AvgIpc) is 2.34. The summed E-state index contributed by atoms with van der Waals surface area (Å²) in [6.07, 6.45) is -0.565. The van der Waals surface area contributed by atoms with Crippen molar-refractivity contribution in [1.29, 1.82) is 0 Å². The van der Waals surface area contributed by atoms with Crippen molar-refractivity contribution in [3.05, 3.63) is 0 Å². The van der Waals surface area contributed by atoms with Gasteiger partial charge in [0.25, 0.3) is 0 Å². The average molecular weight is 160 g/mol. The van der Waals surface area contributed by atoms with E-state index in [1.807, 2.05) is 13.8 Å². The maximum atomic E-state index is 5.56. The van der Waals surface area contributed by atoms with Crippen LogP contribution in [0.2, 0.25) is 0 Å². The molecule has 11 heavy (non-hydrogen) atoms. The minimum Gasteiger partial charge on any atom is -0.345 e. The van der Waals surface area contributed by atoms with E-state index in [0.29, 0.717) is 13.2 Å². The molecule has 0 radical (unpaired) electrons. The Morgan fingerprint density at radius 2 is 1.64 bits per heavy atom. The molecule has 0 aromatic heterocycles. The summed E-state index contributed by atoms with van der Waals surface area (Å²) < 4.78 is 10.8. The minimum absolute atomic E-state index is 0.185. The second-order valence-corrected chi connectivity index (χ2v) is 3.10. The van der Waals surface area contributed by atoms with E-state index in [4.69, 9.17) is 20.9 Å². The molecule has 0 unspecified atom stereocenters. The third-order valence-electron chi connectivity index (χ3n) is 2.01. The first-order chi connectivity index (χ1) is 5.09. The van der Waals surface area contributed by atoms with Crippen LogP contribution >= 0.6 is 0 Å². The van der Waals surface area contributed by atoms with Crippen LogP contribution in [0.3, 0.4) is 0 Å². The van der Waals surface area contributed by atoms with E-state index in [1.54, 1.807) is 0 Å². The summed E-state index contributed by atoms with van der Waals surface area (Å²) in [6, 6.07) is 0. The van der Waals surface area contributed by atoms with Gasteiger partial charge in [-0.15, -0.1) is 0 Å². The lowest BCUT2D eigenvalue weighted by Crippen LogP contribution is -2.57. The zero-order chi connectivity index (χ0) is 8.48. The van der Waals surface area contributed by atoms with Gasteiger partial charge in [-0.1, -0.05) is 13.8 Å². The standard InChI is InChI=1S/C7H16N2O2/c1-5(2)7(6(8)9)10-3-4-11-7/h5-6H,3-4,8-9H2,1-2H3. The molecule has 1 aliphatic rings. The van der Waals surface area contributed by atoms with Gasteiger partial charge in [0.05, 0.1) is 13.2 Å². The molecule has 0 aliphatic carbocycles. The Balaban J connectivity index is 2.70. The predicted molar refractivity (Wildman–Crippen MR) is 41.6 cm³/mol. The summed E-state index contributed by atoms with van der Waals surface area (Å²) in [7, 11) is 0. The van der Waals surface area contributed by atoms with E-state index >= 15 is 0 Å². The van der Waals surface area contributed by atoms with Crippen molar-refractivity contribution >= 4 is 0 Å². The van der Waals surface area contributed by atoms with Gasteiger partial charge in [-0.3, -0.25) is 0 Å². The van der Waals surface area contributed by atoms with Gasteiger partial charge in [0.2, 0.25) is 0 Å². The van der Waals surface area contributed by atoms with Gasteiger partial charge >= 0.3 is 0 Å². The number of nitrogens with two attached hydrogens (primary N) is 2. The summed E-state index contributed by atoms with van der Waals surface area (Å²) in [5, 5.41) is 0. The van der Waals surface area contributed by atoms with Crippen LogP contribution < -0.4 is 11.5 Å². The molecule has 66 valence electrons. The number of hydrogen-bond donors (Lipinski definition) is 2. The van der Waals surface area contributed by atoms with Gasteiger partial charge < -0.3 is 20.9 Å². The third-order valence-corrected chi connectivity index (χ3v) is 2.01. The number of ether oxygens (including phenoxy) is 2. The second kappa shape index (κ2) is 3.06. The molecule has 0 aromatic carbocycles. The van der Waals surface area contributed by atoms with Crippen LogP contribution in [0, 0.1) is 5.92 Å². The molecule has 4 heteroatoms. The second-order valence-electron chi connectivity index (χ2n) is 3.10. The van der Waals surface area contributed by atoms with E-state index in [9.17, 15) is 0 Å². The molecule has 0 bridgehead atoms. The van der Waals surface area contributed by atoms with Gasteiger partial charge in [0.1, 0.15) is 6.17 Å². The maximum absolute atomic E-state index is 5.56. The number of rotatable bonds is 2. The summed E-state index contributed by atoms with van der Waals surface area (Å²) in [6.45, 7) is 5.14. The zero-order valence-corrected chi connectivity index (χ0v) is 7.04. The first-order valence-electron chi connectivity index (χ1n) is 3.88. The van der Waals surface area contributed by atoms with Gasteiger partial charge in [-0.25, -0.2) is 0 Å². The molecule has 0 spiro atoms. The van der Waals surface area contributed by atoms with Crippen LogP contribution in [0.5, 0.6) is 0 Å². The normalized spacial score (nSPS) is 23.5. The Kier molecular flexibility index (Phi) is 2.49. The molecule has 0 saturated carbocycles. The van der Waals surface area contributed by atoms with Crippen LogP contribution in [0.15, 0.2) is 0 Å². The van der Waals surface area contributed by atoms with Gasteiger partial charge in [0, 0.05) is 5.92 Å². The predicted octanol–water partition coefficient (Wildman–Crippen LogP) is -0.371. The summed E-state index contributed by atoms with van der Waals surface area (Å²) >= 11 is 0. The third kappa shape index (κ3) is 1.39. The molecule has 1 rings (SSSR count). The number of hydrogen-bond acceptors (Lipinski definition) is 4. The molecule has 1 aliphatic heterocycles. The Bertz CT molecular complexity index is 120. The van der Waals surface area contributed by atoms with E-state index < -0.39 is 12.0 Å². The summed E-state index contributed by atoms with van der Waals surface area (Å²) in [5.74, 6) is -0.565. The van der Waals surface area contributed by atoms with Crippen molar-refractivity contribution in [1.82, 2.24) is 0 Å². The lowest BCUT2D eigenvalue weighted by molar-refractivity contribution is -0.201. The van der Waals surface area contributed by atoms with E-state index in [2.05, 4.69) is 0 Å². The first kappa shape index (κ1) is 8.93. The molecule has 4 nitrogen and oxygen atoms in total. The molecule has 0 amide bonds. The fourth-order valence-corrected chi connectivity index (χ4v) is 1.35. The van der Waals surface area contributed by atoms with Crippen molar-refractivity contribution in [2.75, 3.05) is 13.2 Å². The molecule has 1 fully saturated rings. The SMILES string of the molecule is CC(C)C1(C(N)N)OCCO1. The molecular weight excluding hydrogens is 144 g/mol. The topological polar surface area (TPSA) is 70.5 Å². The quantitative estimate of drug-likeness (QED) is 0.541. The highest BCUT2D eigenvalue weighted by Gasteiger charge is 2.43. The van der Waals surface area contributed by atoms with Crippen molar-refractivity contribution in [2.24, 2.45) is 17.4 Å². The van der Waals surface area contributed by atoms with Crippen LogP contribution in [-0.2, 0) is 9.47 Å². The lowest BCUT2D eigenvalue weighted by Gasteiger charge is -2.34. The highest BCUT2D eigenvalue weighted by atomic mass is 16.7. The molecule has 0 aromatic rings. The van der Waals surface area contributed by atoms with Crippen molar-refractivity contribution in [3.8, 4) is 0 Å². The van der Waals surface area contributed by atoms with Crippen molar-refractivity contribution < 1.29 is 9.47 Å². The van der Waals surface area contributed by atoms with E-state index in [-0.39, 0.29) is 5.92 Å². The summed E-state index contributed by atoms with van der Waals surface area (Å²) in [5.41, 5.74) is 11.1. The Hall–Kier alpha value is -0.160. The monoisotopic (exact) mass is 160 g/mol. The van der Waals surface area contributed by atoms with Crippen LogP contribution in [0.4, 0.5) is 0 Å². The fraction of sp³-hybridized carbons (Fsp3) is 1.00. The van der Waals surface area contributed by atoms with Gasteiger partial charge in [-0.2, -0.15) is 0 Å².